The zero-order valence-electron chi connectivity index (χ0n) is 25.0. The summed E-state index contributed by atoms with van der Waals surface area (Å²) in [6.07, 6.45) is 0.993. The Kier molecular flexibility index (Phi) is 11.1. The van der Waals surface area contributed by atoms with Gasteiger partial charge in [0.1, 0.15) is 23.9 Å². The summed E-state index contributed by atoms with van der Waals surface area (Å²) in [4.78, 5) is 0. The van der Waals surface area contributed by atoms with Crippen molar-refractivity contribution in [3.05, 3.63) is 119 Å². The molecule has 0 heterocycles. The van der Waals surface area contributed by atoms with Crippen molar-refractivity contribution < 1.29 is 27.7 Å². The highest BCUT2D eigenvalue weighted by Crippen LogP contribution is 2.33. The fraction of sp³-hybridized carbons (Fsp3) is 0.294. The number of nitrogens with one attached hydrogen (secondary N) is 2. The zero-order chi connectivity index (χ0) is 30.8. The standard InChI is InChI=1S/C34H40N2O6S/c1-24(20-31(26-10-15-29(40-2)16-11-26)27-12-17-30(41-3)18-13-27)35-22-33(37)28-14-19-34(32(21-28)36-43(4,38)39)42-23-25-8-6-5-7-9-25/h5-19,21,24,31,33,35-37H,20,22-23H2,1-4H3/t24-,33?/m0/s1. The summed E-state index contributed by atoms with van der Waals surface area (Å²) in [5.41, 5.74) is 4.12. The second kappa shape index (κ2) is 14.9. The number of rotatable bonds is 15. The van der Waals surface area contributed by atoms with Crippen LogP contribution in [0, 0.1) is 0 Å². The van der Waals surface area contributed by atoms with Crippen LogP contribution in [0.4, 0.5) is 5.69 Å². The third-order valence-corrected chi connectivity index (χ3v) is 7.80. The van der Waals surface area contributed by atoms with Crippen molar-refractivity contribution in [1.29, 1.82) is 0 Å². The Labute approximate surface area is 254 Å². The molecule has 1 unspecified atom stereocenters. The lowest BCUT2D eigenvalue weighted by atomic mass is 9.86. The molecule has 4 aromatic rings. The van der Waals surface area contributed by atoms with E-state index >= 15 is 0 Å². The molecule has 0 aliphatic carbocycles. The molecule has 0 aliphatic rings. The van der Waals surface area contributed by atoms with Crippen LogP contribution < -0.4 is 24.2 Å². The number of aliphatic hydroxyl groups is 1. The van der Waals surface area contributed by atoms with Gasteiger partial charge in [0.25, 0.3) is 0 Å². The quantitative estimate of drug-likeness (QED) is 0.155. The molecule has 2 atom stereocenters. The number of sulfonamides is 1. The minimum absolute atomic E-state index is 0.0472. The molecule has 0 radical (unpaired) electrons. The molecule has 3 N–H and O–H groups in total. The molecule has 4 aromatic carbocycles. The first kappa shape index (κ1) is 31.9. The van der Waals surface area contributed by atoms with E-state index in [2.05, 4.69) is 41.2 Å². The lowest BCUT2D eigenvalue weighted by Crippen LogP contribution is -2.32. The van der Waals surface area contributed by atoms with E-state index in [0.29, 0.717) is 11.3 Å². The smallest absolute Gasteiger partial charge is 0.229 e. The van der Waals surface area contributed by atoms with Crippen LogP contribution in [0.25, 0.3) is 0 Å². The maximum Gasteiger partial charge on any atom is 0.229 e. The van der Waals surface area contributed by atoms with Crippen molar-refractivity contribution in [1.82, 2.24) is 5.32 Å². The highest BCUT2D eigenvalue weighted by atomic mass is 32.2. The first-order chi connectivity index (χ1) is 20.6. The van der Waals surface area contributed by atoms with E-state index in [1.165, 1.54) is 0 Å². The molecule has 0 bridgehead atoms. The van der Waals surface area contributed by atoms with Crippen molar-refractivity contribution in [3.63, 3.8) is 0 Å². The second-order valence-electron chi connectivity index (χ2n) is 10.6. The minimum Gasteiger partial charge on any atom is -0.497 e. The second-order valence-corrected chi connectivity index (χ2v) is 12.3. The summed E-state index contributed by atoms with van der Waals surface area (Å²) in [5.74, 6) is 2.08. The zero-order valence-corrected chi connectivity index (χ0v) is 25.8. The monoisotopic (exact) mass is 604 g/mol. The number of hydrogen-bond acceptors (Lipinski definition) is 7. The maximum atomic E-state index is 12.1. The molecule has 0 aromatic heterocycles. The van der Waals surface area contributed by atoms with Crippen LogP contribution in [0.1, 0.15) is 47.6 Å². The molecule has 0 aliphatic heterocycles. The normalized spacial score (nSPS) is 12.9. The van der Waals surface area contributed by atoms with Crippen LogP contribution in [-0.4, -0.2) is 46.6 Å². The van der Waals surface area contributed by atoms with Gasteiger partial charge >= 0.3 is 0 Å². The highest BCUT2D eigenvalue weighted by Gasteiger charge is 2.20. The molecule has 0 fully saturated rings. The Morgan fingerprint density at radius 2 is 1.35 bits per heavy atom. The molecule has 43 heavy (non-hydrogen) atoms. The summed E-state index contributed by atoms with van der Waals surface area (Å²) in [6.45, 7) is 2.65. The summed E-state index contributed by atoms with van der Waals surface area (Å²) in [6, 6.07) is 30.9. The molecule has 0 saturated heterocycles. The van der Waals surface area contributed by atoms with E-state index in [-0.39, 0.29) is 30.8 Å². The third-order valence-electron chi connectivity index (χ3n) is 7.21. The number of benzene rings is 4. The summed E-state index contributed by atoms with van der Waals surface area (Å²) >= 11 is 0. The SMILES string of the molecule is COc1ccc(C(C[C@H](C)NCC(O)c2ccc(OCc3ccccc3)c(NS(C)(=O)=O)c2)c2ccc(OC)cc2)cc1. The van der Waals surface area contributed by atoms with Crippen molar-refractivity contribution in [3.8, 4) is 17.2 Å². The van der Waals surface area contributed by atoms with Gasteiger partial charge in [0.2, 0.25) is 10.0 Å². The van der Waals surface area contributed by atoms with Gasteiger partial charge in [-0.3, -0.25) is 4.72 Å². The van der Waals surface area contributed by atoms with Crippen LogP contribution in [0.5, 0.6) is 17.2 Å². The molecule has 0 amide bonds. The molecule has 8 nitrogen and oxygen atoms in total. The van der Waals surface area contributed by atoms with Crippen molar-refractivity contribution in [2.24, 2.45) is 0 Å². The van der Waals surface area contributed by atoms with E-state index in [0.717, 1.165) is 40.9 Å². The van der Waals surface area contributed by atoms with Crippen molar-refractivity contribution >= 4 is 15.7 Å². The molecule has 9 heteroatoms. The van der Waals surface area contributed by atoms with Crippen LogP contribution in [-0.2, 0) is 16.6 Å². The number of methoxy groups -OCH3 is 2. The molecular weight excluding hydrogens is 564 g/mol. The molecule has 228 valence electrons. The highest BCUT2D eigenvalue weighted by molar-refractivity contribution is 7.92. The number of ether oxygens (including phenoxy) is 3. The van der Waals surface area contributed by atoms with Gasteiger partial charge in [0, 0.05) is 18.5 Å². The van der Waals surface area contributed by atoms with E-state index in [4.69, 9.17) is 14.2 Å². The Balaban J connectivity index is 1.45. The van der Waals surface area contributed by atoms with Crippen LogP contribution >= 0.6 is 0 Å². The fourth-order valence-electron chi connectivity index (χ4n) is 4.90. The van der Waals surface area contributed by atoms with Gasteiger partial charge in [-0.25, -0.2) is 8.42 Å². The van der Waals surface area contributed by atoms with Gasteiger partial charge in [-0.1, -0.05) is 60.7 Å². The minimum atomic E-state index is -3.57. The fourth-order valence-corrected chi connectivity index (χ4v) is 5.46. The summed E-state index contributed by atoms with van der Waals surface area (Å²) in [5, 5.41) is 14.5. The largest absolute Gasteiger partial charge is 0.497 e. The topological polar surface area (TPSA) is 106 Å². The number of anilines is 1. The van der Waals surface area contributed by atoms with Crippen molar-refractivity contribution in [2.75, 3.05) is 31.7 Å². The number of aliphatic hydroxyl groups excluding tert-OH is 1. The average Bonchev–Trinajstić information content (AvgIpc) is 3.01. The van der Waals surface area contributed by atoms with E-state index in [1.54, 1.807) is 32.4 Å². The summed E-state index contributed by atoms with van der Waals surface area (Å²) < 4.78 is 43.3. The lowest BCUT2D eigenvalue weighted by Gasteiger charge is -2.25. The van der Waals surface area contributed by atoms with E-state index in [1.807, 2.05) is 54.6 Å². The molecule has 0 saturated carbocycles. The number of hydrogen-bond donors (Lipinski definition) is 3. The van der Waals surface area contributed by atoms with Crippen LogP contribution in [0.3, 0.4) is 0 Å². The molecule has 4 rings (SSSR count). The maximum absolute atomic E-state index is 12.1. The van der Waals surface area contributed by atoms with Crippen LogP contribution in [0.2, 0.25) is 0 Å². The van der Waals surface area contributed by atoms with Gasteiger partial charge in [0.05, 0.1) is 32.3 Å². The first-order valence-corrected chi connectivity index (χ1v) is 16.0. The predicted octanol–water partition coefficient (Wildman–Crippen LogP) is 5.89. The van der Waals surface area contributed by atoms with Crippen LogP contribution in [0.15, 0.2) is 97.1 Å². The lowest BCUT2D eigenvalue weighted by molar-refractivity contribution is 0.169. The predicted molar refractivity (Wildman–Crippen MR) is 171 cm³/mol. The van der Waals surface area contributed by atoms with Gasteiger partial charge in [-0.2, -0.15) is 0 Å². The van der Waals surface area contributed by atoms with Gasteiger partial charge in [0.15, 0.2) is 0 Å². The third kappa shape index (κ3) is 9.47. The van der Waals surface area contributed by atoms with Gasteiger partial charge in [-0.15, -0.1) is 0 Å². The van der Waals surface area contributed by atoms with Crippen molar-refractivity contribution in [2.45, 2.75) is 38.0 Å². The van der Waals surface area contributed by atoms with Gasteiger partial charge in [-0.05, 0) is 72.0 Å². The van der Waals surface area contributed by atoms with E-state index in [9.17, 15) is 13.5 Å². The van der Waals surface area contributed by atoms with E-state index < -0.39 is 16.1 Å². The summed E-state index contributed by atoms with van der Waals surface area (Å²) in [7, 11) is -0.266. The van der Waals surface area contributed by atoms with Gasteiger partial charge < -0.3 is 24.6 Å². The average molecular weight is 605 g/mol. The molecule has 0 spiro atoms. The Bertz CT molecular complexity index is 1500. The first-order valence-electron chi connectivity index (χ1n) is 14.1. The Hall–Kier alpha value is -4.05. The Morgan fingerprint density at radius 3 is 1.88 bits per heavy atom. The Morgan fingerprint density at radius 1 is 0.791 bits per heavy atom. The molecular formula is C34H40N2O6S.